The SMILES string of the molecule is CNc1cc([N+](=O)[O-])c(NC)c(NC)c1O. The van der Waals surface area contributed by atoms with Crippen molar-refractivity contribution < 1.29 is 10.0 Å². The van der Waals surface area contributed by atoms with Crippen LogP contribution in [0.3, 0.4) is 0 Å². The Morgan fingerprint density at radius 3 is 2.12 bits per heavy atom. The van der Waals surface area contributed by atoms with Crippen molar-refractivity contribution in [3.05, 3.63) is 16.2 Å². The lowest BCUT2D eigenvalue weighted by Crippen LogP contribution is -2.03. The first kappa shape index (κ1) is 11.9. The second kappa shape index (κ2) is 4.56. The predicted octanol–water partition coefficient (Wildman–Crippen LogP) is 1.43. The first-order valence-corrected chi connectivity index (χ1v) is 4.64. The number of nitrogens with one attached hydrogen (secondary N) is 3. The van der Waals surface area contributed by atoms with Crippen LogP contribution < -0.4 is 16.0 Å². The van der Waals surface area contributed by atoms with Crippen molar-refractivity contribution in [2.75, 3.05) is 37.1 Å². The summed E-state index contributed by atoms with van der Waals surface area (Å²) in [6.45, 7) is 0. The molecule has 0 unspecified atom stereocenters. The molecule has 0 aromatic heterocycles. The summed E-state index contributed by atoms with van der Waals surface area (Å²) < 4.78 is 0. The average Bonchev–Trinajstić information content (AvgIpc) is 2.27. The third kappa shape index (κ3) is 1.79. The Morgan fingerprint density at radius 1 is 1.19 bits per heavy atom. The smallest absolute Gasteiger partial charge is 0.296 e. The Morgan fingerprint density at radius 2 is 1.75 bits per heavy atom. The summed E-state index contributed by atoms with van der Waals surface area (Å²) in [4.78, 5) is 10.3. The van der Waals surface area contributed by atoms with E-state index in [0.717, 1.165) is 0 Å². The van der Waals surface area contributed by atoms with E-state index in [0.29, 0.717) is 11.4 Å². The molecule has 0 aliphatic rings. The van der Waals surface area contributed by atoms with Crippen LogP contribution in [0.25, 0.3) is 0 Å². The summed E-state index contributed by atoms with van der Waals surface area (Å²) in [5, 5.41) is 28.8. The highest BCUT2D eigenvalue weighted by Gasteiger charge is 2.22. The number of nitrogens with zero attached hydrogens (tertiary/aromatic N) is 1. The lowest BCUT2D eigenvalue weighted by molar-refractivity contribution is -0.383. The first-order chi connectivity index (χ1) is 7.56. The molecule has 0 radical (unpaired) electrons. The number of benzene rings is 1. The van der Waals surface area contributed by atoms with E-state index in [1.54, 1.807) is 21.1 Å². The van der Waals surface area contributed by atoms with Gasteiger partial charge in [0.25, 0.3) is 5.69 Å². The molecule has 0 spiro atoms. The van der Waals surface area contributed by atoms with E-state index in [1.807, 2.05) is 0 Å². The summed E-state index contributed by atoms with van der Waals surface area (Å²) in [5.41, 5.74) is 0.745. The predicted molar refractivity (Wildman–Crippen MR) is 63.4 cm³/mol. The monoisotopic (exact) mass is 226 g/mol. The van der Waals surface area contributed by atoms with Gasteiger partial charge in [0, 0.05) is 27.2 Å². The molecule has 16 heavy (non-hydrogen) atoms. The van der Waals surface area contributed by atoms with Gasteiger partial charge in [-0.3, -0.25) is 10.1 Å². The van der Waals surface area contributed by atoms with Gasteiger partial charge in [0.05, 0.1) is 10.6 Å². The Hall–Kier alpha value is -2.18. The molecule has 1 rings (SSSR count). The molecule has 88 valence electrons. The van der Waals surface area contributed by atoms with E-state index >= 15 is 0 Å². The van der Waals surface area contributed by atoms with Gasteiger partial charge < -0.3 is 21.1 Å². The number of nitro benzene ring substituents is 1. The molecule has 1 aromatic carbocycles. The molecule has 0 saturated carbocycles. The highest BCUT2D eigenvalue weighted by Crippen LogP contribution is 2.44. The van der Waals surface area contributed by atoms with Crippen LogP contribution in [0.1, 0.15) is 0 Å². The lowest BCUT2D eigenvalue weighted by atomic mass is 10.1. The fourth-order valence-corrected chi connectivity index (χ4v) is 1.49. The Labute approximate surface area is 92.6 Å². The molecule has 0 aliphatic heterocycles. The van der Waals surface area contributed by atoms with Gasteiger partial charge in [-0.1, -0.05) is 0 Å². The minimum atomic E-state index is -0.507. The van der Waals surface area contributed by atoms with Gasteiger partial charge in [-0.25, -0.2) is 0 Å². The van der Waals surface area contributed by atoms with Crippen LogP contribution in [0.15, 0.2) is 6.07 Å². The fraction of sp³-hybridized carbons (Fsp3) is 0.333. The minimum Gasteiger partial charge on any atom is -0.504 e. The molecule has 1 aromatic rings. The second-order valence-electron chi connectivity index (χ2n) is 3.05. The first-order valence-electron chi connectivity index (χ1n) is 4.64. The van der Waals surface area contributed by atoms with Gasteiger partial charge in [-0.2, -0.15) is 0 Å². The van der Waals surface area contributed by atoms with Crippen LogP contribution >= 0.6 is 0 Å². The molecular formula is C9H14N4O3. The van der Waals surface area contributed by atoms with Crippen molar-refractivity contribution in [3.63, 3.8) is 0 Å². The van der Waals surface area contributed by atoms with E-state index in [9.17, 15) is 15.2 Å². The normalized spacial score (nSPS) is 9.69. The van der Waals surface area contributed by atoms with Gasteiger partial charge in [0.2, 0.25) is 0 Å². The zero-order valence-electron chi connectivity index (χ0n) is 9.29. The van der Waals surface area contributed by atoms with E-state index in [2.05, 4.69) is 16.0 Å². The topological polar surface area (TPSA) is 99.5 Å². The molecule has 0 heterocycles. The van der Waals surface area contributed by atoms with Gasteiger partial charge in [0.1, 0.15) is 11.4 Å². The van der Waals surface area contributed by atoms with Crippen molar-refractivity contribution in [3.8, 4) is 5.75 Å². The van der Waals surface area contributed by atoms with E-state index in [1.165, 1.54) is 6.07 Å². The third-order valence-corrected chi connectivity index (χ3v) is 2.25. The van der Waals surface area contributed by atoms with Crippen LogP contribution in [0.5, 0.6) is 5.75 Å². The number of rotatable bonds is 4. The summed E-state index contributed by atoms with van der Waals surface area (Å²) in [6.07, 6.45) is 0. The molecular weight excluding hydrogens is 212 g/mol. The number of aromatic hydroxyl groups is 1. The number of hydrogen-bond acceptors (Lipinski definition) is 6. The molecule has 7 heteroatoms. The van der Waals surface area contributed by atoms with Crippen molar-refractivity contribution in [2.45, 2.75) is 0 Å². The average molecular weight is 226 g/mol. The summed E-state index contributed by atoms with van der Waals surface area (Å²) >= 11 is 0. The quantitative estimate of drug-likeness (QED) is 0.352. The van der Waals surface area contributed by atoms with Gasteiger partial charge in [0.15, 0.2) is 5.75 Å². The van der Waals surface area contributed by atoms with Crippen molar-refractivity contribution in [1.29, 1.82) is 0 Å². The molecule has 0 saturated heterocycles. The minimum absolute atomic E-state index is 0.0556. The maximum atomic E-state index is 10.9. The van der Waals surface area contributed by atoms with E-state index in [4.69, 9.17) is 0 Å². The van der Waals surface area contributed by atoms with Gasteiger partial charge in [-0.15, -0.1) is 0 Å². The highest BCUT2D eigenvalue weighted by molar-refractivity contribution is 5.89. The lowest BCUT2D eigenvalue weighted by Gasteiger charge is -2.14. The van der Waals surface area contributed by atoms with Crippen LogP contribution in [0.4, 0.5) is 22.7 Å². The number of nitro groups is 1. The summed E-state index contributed by atoms with van der Waals surface area (Å²) in [7, 11) is 4.72. The van der Waals surface area contributed by atoms with Crippen molar-refractivity contribution in [1.82, 2.24) is 0 Å². The van der Waals surface area contributed by atoms with Crippen LogP contribution in [0.2, 0.25) is 0 Å². The molecule has 0 bridgehead atoms. The maximum Gasteiger partial charge on any atom is 0.296 e. The van der Waals surface area contributed by atoms with Gasteiger partial charge in [-0.05, 0) is 0 Å². The Balaban J connectivity index is 3.56. The number of phenolic OH excluding ortho intramolecular Hbond substituents is 1. The van der Waals surface area contributed by atoms with E-state index < -0.39 is 4.92 Å². The van der Waals surface area contributed by atoms with Crippen LogP contribution in [0, 0.1) is 10.1 Å². The summed E-state index contributed by atoms with van der Waals surface area (Å²) in [5.74, 6) is -0.0556. The number of hydrogen-bond donors (Lipinski definition) is 4. The van der Waals surface area contributed by atoms with Crippen LogP contribution in [-0.2, 0) is 0 Å². The second-order valence-corrected chi connectivity index (χ2v) is 3.05. The molecule has 0 amide bonds. The number of anilines is 3. The summed E-state index contributed by atoms with van der Waals surface area (Å²) in [6, 6.07) is 1.28. The van der Waals surface area contributed by atoms with Crippen molar-refractivity contribution >= 4 is 22.7 Å². The molecule has 4 N–H and O–H groups in total. The standard InChI is InChI=1S/C9H14N4O3/c1-10-5-4-6(13(15)16)7(11-2)8(12-3)9(5)14/h4,10-12,14H,1-3H3. The molecule has 7 nitrogen and oxygen atoms in total. The Bertz CT molecular complexity index is 420. The largest absolute Gasteiger partial charge is 0.504 e. The van der Waals surface area contributed by atoms with Crippen molar-refractivity contribution in [2.24, 2.45) is 0 Å². The van der Waals surface area contributed by atoms with E-state index in [-0.39, 0.29) is 17.1 Å². The maximum absolute atomic E-state index is 10.9. The highest BCUT2D eigenvalue weighted by atomic mass is 16.6. The molecule has 0 atom stereocenters. The molecule has 0 fully saturated rings. The number of phenols is 1. The van der Waals surface area contributed by atoms with Crippen LogP contribution in [-0.4, -0.2) is 31.2 Å². The van der Waals surface area contributed by atoms with Gasteiger partial charge >= 0.3 is 0 Å². The fourth-order valence-electron chi connectivity index (χ4n) is 1.49. The zero-order chi connectivity index (χ0) is 12.3. The Kier molecular flexibility index (Phi) is 3.39. The molecule has 0 aliphatic carbocycles. The third-order valence-electron chi connectivity index (χ3n) is 2.25. The zero-order valence-corrected chi connectivity index (χ0v) is 9.29.